The topological polar surface area (TPSA) is 49.3 Å². The van der Waals surface area contributed by atoms with Gasteiger partial charge in [0.1, 0.15) is 0 Å². The first kappa shape index (κ1) is 9.99. The van der Waals surface area contributed by atoms with Crippen molar-refractivity contribution in [2.24, 2.45) is 5.92 Å². The van der Waals surface area contributed by atoms with E-state index < -0.39 is 5.91 Å². The van der Waals surface area contributed by atoms with Crippen molar-refractivity contribution in [3.63, 3.8) is 0 Å². The molecule has 0 aromatic heterocycles. The SMILES string of the molecule is C#CC(=O)N[C@H](CO)C(C)C. The molecule has 0 aromatic carbocycles. The van der Waals surface area contributed by atoms with Crippen LogP contribution in [0.4, 0.5) is 0 Å². The second-order valence-corrected chi connectivity index (χ2v) is 2.65. The number of amides is 1. The van der Waals surface area contributed by atoms with Crippen LogP contribution in [-0.4, -0.2) is 23.7 Å². The number of terminal acetylenes is 1. The molecule has 1 atom stereocenters. The maximum absolute atomic E-state index is 10.6. The number of carbonyl (C=O) groups excluding carboxylic acids is 1. The van der Waals surface area contributed by atoms with Crippen LogP contribution in [0.1, 0.15) is 13.8 Å². The molecule has 62 valence electrons. The highest BCUT2D eigenvalue weighted by molar-refractivity contribution is 5.93. The second kappa shape index (κ2) is 4.75. The molecule has 0 unspecified atom stereocenters. The smallest absolute Gasteiger partial charge is 0.295 e. The summed E-state index contributed by atoms with van der Waals surface area (Å²) in [6.45, 7) is 3.72. The predicted octanol–water partition coefficient (Wildman–Crippen LogP) is -0.247. The zero-order valence-corrected chi connectivity index (χ0v) is 6.79. The lowest BCUT2D eigenvalue weighted by Crippen LogP contribution is -2.40. The van der Waals surface area contributed by atoms with Gasteiger partial charge in [-0.15, -0.1) is 6.42 Å². The van der Waals surface area contributed by atoms with Crippen LogP contribution >= 0.6 is 0 Å². The van der Waals surface area contributed by atoms with Gasteiger partial charge in [0.05, 0.1) is 12.6 Å². The molecule has 0 saturated carbocycles. The summed E-state index contributed by atoms with van der Waals surface area (Å²) in [5.41, 5.74) is 0. The Balaban J connectivity index is 3.90. The minimum absolute atomic E-state index is 0.0783. The number of aliphatic hydroxyl groups excluding tert-OH is 1. The van der Waals surface area contributed by atoms with Crippen LogP contribution in [0.5, 0.6) is 0 Å². The molecule has 2 N–H and O–H groups in total. The molecule has 0 aliphatic carbocycles. The quantitative estimate of drug-likeness (QED) is 0.552. The number of rotatable bonds is 3. The molecule has 0 spiro atoms. The molecule has 11 heavy (non-hydrogen) atoms. The van der Waals surface area contributed by atoms with Crippen molar-refractivity contribution >= 4 is 5.91 Å². The molecule has 0 aliphatic heterocycles. The zero-order chi connectivity index (χ0) is 8.85. The Morgan fingerprint density at radius 1 is 1.73 bits per heavy atom. The number of carbonyl (C=O) groups is 1. The van der Waals surface area contributed by atoms with Crippen LogP contribution in [-0.2, 0) is 4.79 Å². The molecule has 0 rings (SSSR count). The Bertz CT molecular complexity index is 169. The Labute approximate surface area is 66.8 Å². The van der Waals surface area contributed by atoms with E-state index in [1.807, 2.05) is 19.8 Å². The predicted molar refractivity (Wildman–Crippen MR) is 42.7 cm³/mol. The monoisotopic (exact) mass is 155 g/mol. The van der Waals surface area contributed by atoms with E-state index in [4.69, 9.17) is 11.5 Å². The lowest BCUT2D eigenvalue weighted by atomic mass is 10.1. The standard InChI is InChI=1S/C8H13NO2/c1-4-8(11)9-7(5-10)6(2)3/h1,6-7,10H,5H2,2-3H3,(H,9,11)/t7-/m1/s1. The lowest BCUT2D eigenvalue weighted by molar-refractivity contribution is -0.117. The minimum Gasteiger partial charge on any atom is -0.394 e. The highest BCUT2D eigenvalue weighted by Gasteiger charge is 2.12. The summed E-state index contributed by atoms with van der Waals surface area (Å²) in [6, 6.07) is -0.237. The maximum Gasteiger partial charge on any atom is 0.295 e. The molecule has 0 radical (unpaired) electrons. The number of hydrogen-bond donors (Lipinski definition) is 2. The molecule has 3 nitrogen and oxygen atoms in total. The van der Waals surface area contributed by atoms with E-state index in [0.29, 0.717) is 0 Å². The van der Waals surface area contributed by atoms with Gasteiger partial charge in [-0.1, -0.05) is 13.8 Å². The van der Waals surface area contributed by atoms with Gasteiger partial charge in [-0.25, -0.2) is 0 Å². The molecule has 0 aromatic rings. The maximum atomic E-state index is 10.6. The zero-order valence-electron chi connectivity index (χ0n) is 6.79. The molecule has 0 aliphatic rings. The van der Waals surface area contributed by atoms with Crippen molar-refractivity contribution in [1.29, 1.82) is 0 Å². The second-order valence-electron chi connectivity index (χ2n) is 2.65. The van der Waals surface area contributed by atoms with Gasteiger partial charge >= 0.3 is 0 Å². The molecular formula is C8H13NO2. The van der Waals surface area contributed by atoms with Crippen LogP contribution in [0, 0.1) is 18.3 Å². The summed E-state index contributed by atoms with van der Waals surface area (Å²) < 4.78 is 0. The van der Waals surface area contributed by atoms with Crippen LogP contribution in [0.25, 0.3) is 0 Å². The van der Waals surface area contributed by atoms with Crippen molar-refractivity contribution in [2.75, 3.05) is 6.61 Å². The summed E-state index contributed by atoms with van der Waals surface area (Å²) in [4.78, 5) is 10.6. The average molecular weight is 155 g/mol. The Hall–Kier alpha value is -1.01. The van der Waals surface area contributed by atoms with E-state index in [9.17, 15) is 4.79 Å². The van der Waals surface area contributed by atoms with Gasteiger partial charge in [0.25, 0.3) is 5.91 Å². The van der Waals surface area contributed by atoms with Gasteiger partial charge in [-0.3, -0.25) is 4.79 Å². The van der Waals surface area contributed by atoms with E-state index in [2.05, 4.69) is 5.32 Å². The molecular weight excluding hydrogens is 142 g/mol. The first-order valence-electron chi connectivity index (χ1n) is 3.49. The van der Waals surface area contributed by atoms with Crippen LogP contribution in [0.3, 0.4) is 0 Å². The Kier molecular flexibility index (Phi) is 4.32. The number of nitrogens with one attached hydrogen (secondary N) is 1. The van der Waals surface area contributed by atoms with Crippen LogP contribution in [0.15, 0.2) is 0 Å². The lowest BCUT2D eigenvalue weighted by Gasteiger charge is -2.17. The number of aliphatic hydroxyl groups is 1. The third kappa shape index (κ3) is 3.64. The van der Waals surface area contributed by atoms with Crippen LogP contribution in [0.2, 0.25) is 0 Å². The fourth-order valence-electron chi connectivity index (χ4n) is 0.633. The molecule has 0 heterocycles. The van der Waals surface area contributed by atoms with E-state index in [1.165, 1.54) is 0 Å². The Morgan fingerprint density at radius 3 is 2.55 bits per heavy atom. The average Bonchev–Trinajstić information content (AvgIpc) is 1.99. The van der Waals surface area contributed by atoms with Crippen LogP contribution < -0.4 is 5.32 Å². The van der Waals surface area contributed by atoms with Crippen molar-refractivity contribution in [2.45, 2.75) is 19.9 Å². The van der Waals surface area contributed by atoms with Gasteiger partial charge < -0.3 is 10.4 Å². The normalized spacial score (nSPS) is 12.3. The number of hydrogen-bond acceptors (Lipinski definition) is 2. The fourth-order valence-corrected chi connectivity index (χ4v) is 0.633. The molecule has 0 fully saturated rings. The van der Waals surface area contributed by atoms with Gasteiger partial charge in [-0.2, -0.15) is 0 Å². The summed E-state index contributed by atoms with van der Waals surface area (Å²) in [5, 5.41) is 11.2. The van der Waals surface area contributed by atoms with Crippen molar-refractivity contribution in [3.05, 3.63) is 0 Å². The largest absolute Gasteiger partial charge is 0.394 e. The summed E-state index contributed by atoms with van der Waals surface area (Å²) in [7, 11) is 0. The molecule has 0 saturated heterocycles. The first-order chi connectivity index (χ1) is 5.11. The Morgan fingerprint density at radius 2 is 2.27 bits per heavy atom. The fraction of sp³-hybridized carbons (Fsp3) is 0.625. The van der Waals surface area contributed by atoms with Crippen molar-refractivity contribution in [1.82, 2.24) is 5.32 Å². The van der Waals surface area contributed by atoms with Gasteiger partial charge in [0, 0.05) is 0 Å². The van der Waals surface area contributed by atoms with Gasteiger partial charge in [-0.05, 0) is 11.8 Å². The highest BCUT2D eigenvalue weighted by Crippen LogP contribution is 1.99. The molecule has 1 amide bonds. The van der Waals surface area contributed by atoms with Crippen molar-refractivity contribution in [3.8, 4) is 12.3 Å². The van der Waals surface area contributed by atoms with Crippen molar-refractivity contribution < 1.29 is 9.90 Å². The first-order valence-corrected chi connectivity index (χ1v) is 3.49. The van der Waals surface area contributed by atoms with Gasteiger partial charge in [0.15, 0.2) is 0 Å². The summed E-state index contributed by atoms with van der Waals surface area (Å²) >= 11 is 0. The van der Waals surface area contributed by atoms with E-state index >= 15 is 0 Å². The molecule has 3 heteroatoms. The van der Waals surface area contributed by atoms with Gasteiger partial charge in [0.2, 0.25) is 0 Å². The third-order valence-electron chi connectivity index (χ3n) is 1.45. The van der Waals surface area contributed by atoms with E-state index in [1.54, 1.807) is 0 Å². The third-order valence-corrected chi connectivity index (χ3v) is 1.45. The molecule has 0 bridgehead atoms. The van der Waals surface area contributed by atoms with E-state index in [-0.39, 0.29) is 18.6 Å². The summed E-state index contributed by atoms with van der Waals surface area (Å²) in [5.74, 6) is 1.64. The van der Waals surface area contributed by atoms with E-state index in [0.717, 1.165) is 0 Å². The highest BCUT2D eigenvalue weighted by atomic mass is 16.3. The summed E-state index contributed by atoms with van der Waals surface area (Å²) in [6.07, 6.45) is 4.83. The minimum atomic E-state index is -0.474.